The minimum absolute atomic E-state index is 1.12. The molecule has 0 atom stereocenters. The van der Waals surface area contributed by atoms with Crippen molar-refractivity contribution < 1.29 is 24.7 Å². The summed E-state index contributed by atoms with van der Waals surface area (Å²) in [7, 11) is 0. The molecule has 0 bridgehead atoms. The summed E-state index contributed by atoms with van der Waals surface area (Å²) < 4.78 is 1.20. The second-order valence-corrected chi connectivity index (χ2v) is 5.51. The van der Waals surface area contributed by atoms with E-state index in [1.165, 1.54) is 26.4 Å². The van der Waals surface area contributed by atoms with Gasteiger partial charge in [0.15, 0.2) is 0 Å². The van der Waals surface area contributed by atoms with Gasteiger partial charge < -0.3 is 0 Å². The third-order valence-corrected chi connectivity index (χ3v) is 4.15. The summed E-state index contributed by atoms with van der Waals surface area (Å²) in [6.07, 6.45) is 16.4. The first kappa shape index (κ1) is 12.7. The van der Waals surface area contributed by atoms with E-state index in [1.54, 1.807) is 24.7 Å². The van der Waals surface area contributed by atoms with E-state index in [-0.39, 0.29) is 0 Å². The molecular formula is C16H13N2Zr. The third-order valence-electron chi connectivity index (χ3n) is 3.14. The molecule has 4 rings (SSSR count). The molecule has 0 aromatic carbocycles. The average Bonchev–Trinajstić information content (AvgIpc) is 3.06. The van der Waals surface area contributed by atoms with E-state index < -0.39 is 0 Å². The fourth-order valence-electron chi connectivity index (χ4n) is 2.22. The van der Waals surface area contributed by atoms with Crippen LogP contribution in [0.4, 0.5) is 0 Å². The quantitative estimate of drug-likeness (QED) is 0.704. The van der Waals surface area contributed by atoms with E-state index in [1.807, 2.05) is 18.5 Å². The van der Waals surface area contributed by atoms with Crippen molar-refractivity contribution >= 4 is 11.4 Å². The first-order chi connectivity index (χ1) is 9.26. The molecule has 2 aliphatic heterocycles. The molecule has 0 unspecified atom stereocenters. The average molecular weight is 325 g/mol. The number of fused-ring (bicyclic) bond motifs is 2. The Morgan fingerprint density at radius 1 is 0.895 bits per heavy atom. The van der Waals surface area contributed by atoms with E-state index in [4.69, 9.17) is 0 Å². The Bertz CT molecular complexity index is 665. The first-order valence-electron chi connectivity index (χ1n) is 6.22. The number of hydrogen-bond acceptors (Lipinski definition) is 2. The molecule has 0 saturated carbocycles. The summed E-state index contributed by atoms with van der Waals surface area (Å²) in [5.41, 5.74) is 7.54. The maximum atomic E-state index is 4.20. The molecular weight excluding hydrogens is 311 g/mol. The molecule has 2 aliphatic carbocycles. The zero-order chi connectivity index (χ0) is 13.2. The Balaban J connectivity index is 0.000000117. The van der Waals surface area contributed by atoms with Crippen LogP contribution in [-0.2, 0) is 24.7 Å². The number of aliphatic imine (C=N–C) groups is 2. The molecule has 4 aliphatic rings. The molecule has 2 nitrogen and oxygen atoms in total. The normalized spacial score (nSPS) is 20.6. The van der Waals surface area contributed by atoms with Gasteiger partial charge >= 0.3 is 75.1 Å². The van der Waals surface area contributed by atoms with Gasteiger partial charge in [-0.2, -0.15) is 0 Å². The van der Waals surface area contributed by atoms with Gasteiger partial charge in [0.2, 0.25) is 0 Å². The fourth-order valence-corrected chi connectivity index (χ4v) is 2.72. The molecule has 2 heterocycles. The van der Waals surface area contributed by atoms with Crippen molar-refractivity contribution in [1.82, 2.24) is 0 Å². The van der Waals surface area contributed by atoms with E-state index >= 15 is 0 Å². The number of hydrogen-bond donors (Lipinski definition) is 0. The molecule has 19 heavy (non-hydrogen) atoms. The summed E-state index contributed by atoms with van der Waals surface area (Å²) >= 11 is 1.57. The summed E-state index contributed by atoms with van der Waals surface area (Å²) in [5, 5.41) is 0. The molecule has 0 fully saturated rings. The monoisotopic (exact) mass is 323 g/mol. The molecule has 0 saturated heterocycles. The number of allylic oxidation sites excluding steroid dienone is 10. The number of rotatable bonds is 1. The van der Waals surface area contributed by atoms with Crippen LogP contribution >= 0.6 is 0 Å². The van der Waals surface area contributed by atoms with Crippen molar-refractivity contribution in [3.8, 4) is 0 Å². The van der Waals surface area contributed by atoms with Gasteiger partial charge in [-0.3, -0.25) is 4.99 Å². The molecule has 91 valence electrons. The predicted molar refractivity (Wildman–Crippen MR) is 76.0 cm³/mol. The summed E-state index contributed by atoms with van der Waals surface area (Å²) in [5.74, 6) is 0. The van der Waals surface area contributed by atoms with Crippen LogP contribution in [0, 0.1) is 0 Å². The van der Waals surface area contributed by atoms with Crippen LogP contribution in [0.15, 0.2) is 81.1 Å². The Hall–Kier alpha value is -1.34. The van der Waals surface area contributed by atoms with Crippen LogP contribution in [-0.4, -0.2) is 11.4 Å². The molecule has 0 amide bonds. The molecule has 0 radical (unpaired) electrons. The van der Waals surface area contributed by atoms with E-state index in [9.17, 15) is 0 Å². The molecule has 3 heteroatoms. The Kier molecular flexibility index (Phi) is 3.57. The van der Waals surface area contributed by atoms with Crippen molar-refractivity contribution in [1.29, 1.82) is 0 Å². The van der Waals surface area contributed by atoms with E-state index in [2.05, 4.69) is 47.3 Å². The van der Waals surface area contributed by atoms with Gasteiger partial charge in [0.1, 0.15) is 0 Å². The van der Waals surface area contributed by atoms with Crippen molar-refractivity contribution in [3.05, 3.63) is 71.1 Å². The summed E-state index contributed by atoms with van der Waals surface area (Å²) in [4.78, 5) is 8.34. The van der Waals surface area contributed by atoms with Gasteiger partial charge in [-0.05, 0) is 30.7 Å². The van der Waals surface area contributed by atoms with Crippen molar-refractivity contribution in [2.75, 3.05) is 0 Å². The Morgan fingerprint density at radius 3 is 2.11 bits per heavy atom. The zero-order valence-electron chi connectivity index (χ0n) is 10.7. The molecule has 0 aromatic rings. The maximum absolute atomic E-state index is 4.20. The first-order valence-corrected chi connectivity index (χ1v) is 7.96. The van der Waals surface area contributed by atoms with Gasteiger partial charge in [-0.15, -0.1) is 0 Å². The standard InChI is InChI=1S/C8H7N.C8H6N.Zr/c2*1-6-4-7-2-3-9-8(7)5-6;/h2-5H,1H3;2-5H,1H2;. The fraction of sp³-hybridized carbons (Fsp3) is 0.125. The summed E-state index contributed by atoms with van der Waals surface area (Å²) in [6.45, 7) is 2.08. The Labute approximate surface area is 128 Å². The topological polar surface area (TPSA) is 24.7 Å². The predicted octanol–water partition coefficient (Wildman–Crippen LogP) is 3.63. The van der Waals surface area contributed by atoms with Gasteiger partial charge in [0.05, 0.1) is 5.71 Å². The zero-order valence-corrected chi connectivity index (χ0v) is 13.2. The van der Waals surface area contributed by atoms with Crippen molar-refractivity contribution in [3.63, 3.8) is 0 Å². The van der Waals surface area contributed by atoms with Crippen LogP contribution in [0.25, 0.3) is 0 Å². The molecule has 0 aromatic heterocycles. The van der Waals surface area contributed by atoms with Crippen LogP contribution in [0.2, 0.25) is 4.13 Å². The van der Waals surface area contributed by atoms with Crippen LogP contribution in [0.3, 0.4) is 0 Å². The number of nitrogens with zero attached hydrogens (tertiary/aromatic N) is 2. The van der Waals surface area contributed by atoms with Crippen molar-refractivity contribution in [2.45, 2.75) is 11.1 Å². The van der Waals surface area contributed by atoms with Crippen molar-refractivity contribution in [2.24, 2.45) is 9.98 Å². The van der Waals surface area contributed by atoms with Gasteiger partial charge in [-0.25, -0.2) is 0 Å². The minimum atomic E-state index is 1.12. The van der Waals surface area contributed by atoms with Gasteiger partial charge in [0, 0.05) is 11.8 Å². The second-order valence-electron chi connectivity index (χ2n) is 4.64. The van der Waals surface area contributed by atoms with Crippen LogP contribution in [0.1, 0.15) is 6.92 Å². The summed E-state index contributed by atoms with van der Waals surface area (Å²) in [6, 6.07) is 0. The SMILES string of the molecule is CC1=CC2=NC=CC2=C1.[Zr][CH2]C1=CC2=NC=CC2=C1. The van der Waals surface area contributed by atoms with Gasteiger partial charge in [0.25, 0.3) is 0 Å². The van der Waals surface area contributed by atoms with Crippen LogP contribution in [0.5, 0.6) is 0 Å². The third kappa shape index (κ3) is 2.67. The second kappa shape index (κ2) is 5.34. The van der Waals surface area contributed by atoms with E-state index in [0.29, 0.717) is 0 Å². The van der Waals surface area contributed by atoms with E-state index in [0.717, 1.165) is 11.4 Å². The Morgan fingerprint density at radius 2 is 1.53 bits per heavy atom. The van der Waals surface area contributed by atoms with Crippen LogP contribution < -0.4 is 0 Å². The molecule has 0 spiro atoms. The molecule has 0 N–H and O–H groups in total. The van der Waals surface area contributed by atoms with Gasteiger partial charge in [-0.1, -0.05) is 0 Å².